The third kappa shape index (κ3) is 3.85. The first kappa shape index (κ1) is 22.6. The Kier molecular flexibility index (Phi) is 6.25. The SMILES string of the molecule is Fc1c(F)c(F)c(C(OCc2ccccc2)c2c(F)c(F)c(F)c(F)c2F)c(F)c1F. The van der Waals surface area contributed by atoms with Crippen molar-refractivity contribution >= 4 is 0 Å². The van der Waals surface area contributed by atoms with E-state index in [-0.39, 0.29) is 5.56 Å². The maximum Gasteiger partial charge on any atom is 0.200 e. The highest BCUT2D eigenvalue weighted by molar-refractivity contribution is 5.37. The van der Waals surface area contributed by atoms with Gasteiger partial charge in [-0.2, -0.15) is 0 Å². The molecular formula is C20H8F10O. The molecule has 0 aliphatic heterocycles. The summed E-state index contributed by atoms with van der Waals surface area (Å²) in [4.78, 5) is 0. The van der Waals surface area contributed by atoms with E-state index in [1.807, 2.05) is 0 Å². The summed E-state index contributed by atoms with van der Waals surface area (Å²) in [6, 6.07) is 7.15. The number of ether oxygens (including phenoxy) is 1. The van der Waals surface area contributed by atoms with Gasteiger partial charge >= 0.3 is 0 Å². The van der Waals surface area contributed by atoms with Gasteiger partial charge in [0.2, 0.25) is 11.6 Å². The van der Waals surface area contributed by atoms with E-state index >= 15 is 0 Å². The van der Waals surface area contributed by atoms with Crippen LogP contribution in [0.5, 0.6) is 0 Å². The fraction of sp³-hybridized carbons (Fsp3) is 0.100. The zero-order valence-electron chi connectivity index (χ0n) is 14.9. The van der Waals surface area contributed by atoms with Gasteiger partial charge in [-0.25, -0.2) is 43.9 Å². The Morgan fingerprint density at radius 2 is 0.806 bits per heavy atom. The zero-order valence-corrected chi connectivity index (χ0v) is 14.9. The van der Waals surface area contributed by atoms with Gasteiger partial charge in [-0.05, 0) is 5.56 Å². The summed E-state index contributed by atoms with van der Waals surface area (Å²) in [5, 5.41) is 0. The molecule has 0 bridgehead atoms. The van der Waals surface area contributed by atoms with Gasteiger partial charge in [-0.1, -0.05) is 30.3 Å². The molecule has 3 aromatic carbocycles. The van der Waals surface area contributed by atoms with Gasteiger partial charge in [0, 0.05) is 0 Å². The molecule has 0 aromatic heterocycles. The summed E-state index contributed by atoms with van der Waals surface area (Å²) in [6.07, 6.45) is -2.88. The third-order valence-corrected chi connectivity index (χ3v) is 4.27. The summed E-state index contributed by atoms with van der Waals surface area (Å²) < 4.78 is 144. The minimum absolute atomic E-state index is 0.195. The molecular weight excluding hydrogens is 446 g/mol. The van der Waals surface area contributed by atoms with Crippen molar-refractivity contribution in [3.63, 3.8) is 0 Å². The predicted octanol–water partition coefficient (Wildman–Crippen LogP) is 6.38. The normalized spacial score (nSPS) is 11.5. The fourth-order valence-corrected chi connectivity index (χ4v) is 2.77. The second-order valence-corrected chi connectivity index (χ2v) is 6.14. The van der Waals surface area contributed by atoms with Crippen molar-refractivity contribution in [2.75, 3.05) is 0 Å². The maximum atomic E-state index is 14.3. The molecule has 0 heterocycles. The van der Waals surface area contributed by atoms with Crippen LogP contribution in [0.15, 0.2) is 30.3 Å². The average Bonchev–Trinajstić information content (AvgIpc) is 2.77. The van der Waals surface area contributed by atoms with Gasteiger partial charge < -0.3 is 4.74 Å². The lowest BCUT2D eigenvalue weighted by molar-refractivity contribution is 0.0542. The number of hydrogen-bond acceptors (Lipinski definition) is 1. The third-order valence-electron chi connectivity index (χ3n) is 4.27. The molecule has 11 heteroatoms. The number of benzene rings is 3. The zero-order chi connectivity index (χ0) is 23.0. The maximum absolute atomic E-state index is 14.3. The monoisotopic (exact) mass is 454 g/mol. The van der Waals surface area contributed by atoms with Crippen molar-refractivity contribution in [3.8, 4) is 0 Å². The standard InChI is InChI=1S/C20H8F10O/c21-10-8(11(22)15(26)18(29)14(10)25)20(31-6-7-4-2-1-3-5-7)9-12(23)16(27)19(30)17(28)13(9)24/h1-5,20H,6H2. The van der Waals surface area contributed by atoms with Crippen molar-refractivity contribution in [1.82, 2.24) is 0 Å². The van der Waals surface area contributed by atoms with Crippen LogP contribution in [0, 0.1) is 58.2 Å². The van der Waals surface area contributed by atoms with Crippen molar-refractivity contribution in [2.24, 2.45) is 0 Å². The lowest BCUT2D eigenvalue weighted by atomic mass is 9.97. The van der Waals surface area contributed by atoms with E-state index in [9.17, 15) is 43.9 Å². The van der Waals surface area contributed by atoms with Crippen LogP contribution >= 0.6 is 0 Å². The Hall–Kier alpha value is -3.08. The molecule has 0 N–H and O–H groups in total. The fourth-order valence-electron chi connectivity index (χ4n) is 2.77. The molecule has 1 nitrogen and oxygen atoms in total. The Morgan fingerprint density at radius 3 is 1.16 bits per heavy atom. The lowest BCUT2D eigenvalue weighted by Crippen LogP contribution is -2.20. The van der Waals surface area contributed by atoms with Crippen LogP contribution in [0.3, 0.4) is 0 Å². The van der Waals surface area contributed by atoms with Crippen LogP contribution in [0.25, 0.3) is 0 Å². The van der Waals surface area contributed by atoms with Gasteiger partial charge in [-0.3, -0.25) is 0 Å². The topological polar surface area (TPSA) is 9.23 Å². The smallest absolute Gasteiger partial charge is 0.200 e. The molecule has 0 saturated carbocycles. The van der Waals surface area contributed by atoms with E-state index in [1.54, 1.807) is 0 Å². The van der Waals surface area contributed by atoms with Crippen molar-refractivity contribution in [1.29, 1.82) is 0 Å². The Balaban J connectivity index is 2.29. The van der Waals surface area contributed by atoms with E-state index < -0.39 is 82.0 Å². The van der Waals surface area contributed by atoms with Crippen LogP contribution in [0.2, 0.25) is 0 Å². The molecule has 3 aromatic rings. The van der Waals surface area contributed by atoms with Crippen LogP contribution in [-0.4, -0.2) is 0 Å². The van der Waals surface area contributed by atoms with E-state index in [4.69, 9.17) is 4.74 Å². The summed E-state index contributed by atoms with van der Waals surface area (Å²) >= 11 is 0. The molecule has 164 valence electrons. The van der Waals surface area contributed by atoms with Gasteiger partial charge in [0.25, 0.3) is 0 Å². The number of hydrogen-bond donors (Lipinski definition) is 0. The predicted molar refractivity (Wildman–Crippen MR) is 85.5 cm³/mol. The highest BCUT2D eigenvalue weighted by atomic mass is 19.2. The van der Waals surface area contributed by atoms with Crippen LogP contribution in [0.1, 0.15) is 22.8 Å². The Morgan fingerprint density at radius 1 is 0.484 bits per heavy atom. The van der Waals surface area contributed by atoms with Gasteiger partial charge in [0.1, 0.15) is 6.10 Å². The first-order chi connectivity index (χ1) is 14.6. The minimum atomic E-state index is -2.88. The first-order valence-electron chi connectivity index (χ1n) is 8.26. The number of rotatable bonds is 5. The Labute approximate surface area is 167 Å². The van der Waals surface area contributed by atoms with Crippen molar-refractivity contribution in [2.45, 2.75) is 12.7 Å². The molecule has 0 unspecified atom stereocenters. The van der Waals surface area contributed by atoms with E-state index in [2.05, 4.69) is 0 Å². The molecule has 3 rings (SSSR count). The molecule has 0 aliphatic rings. The second-order valence-electron chi connectivity index (χ2n) is 6.14. The molecule has 0 radical (unpaired) electrons. The second kappa shape index (κ2) is 8.58. The minimum Gasteiger partial charge on any atom is -0.364 e. The molecule has 0 fully saturated rings. The quantitative estimate of drug-likeness (QED) is 0.247. The molecule has 31 heavy (non-hydrogen) atoms. The number of halogens is 10. The molecule has 0 saturated heterocycles. The summed E-state index contributed by atoms with van der Waals surface area (Å²) in [5.41, 5.74) is -3.65. The molecule has 0 spiro atoms. The van der Waals surface area contributed by atoms with Gasteiger partial charge in [0.05, 0.1) is 17.7 Å². The van der Waals surface area contributed by atoms with Gasteiger partial charge in [-0.15, -0.1) is 0 Å². The molecule has 0 aliphatic carbocycles. The highest BCUT2D eigenvalue weighted by Crippen LogP contribution is 2.38. The van der Waals surface area contributed by atoms with E-state index in [0.29, 0.717) is 0 Å². The molecule has 0 atom stereocenters. The largest absolute Gasteiger partial charge is 0.364 e. The van der Waals surface area contributed by atoms with Gasteiger partial charge in [0.15, 0.2) is 46.5 Å². The van der Waals surface area contributed by atoms with E-state index in [1.165, 1.54) is 30.3 Å². The van der Waals surface area contributed by atoms with Crippen molar-refractivity contribution in [3.05, 3.63) is 105 Å². The Bertz CT molecular complexity index is 1020. The van der Waals surface area contributed by atoms with E-state index in [0.717, 1.165) is 0 Å². The average molecular weight is 454 g/mol. The summed E-state index contributed by atoms with van der Waals surface area (Å²) in [5.74, 6) is -25.4. The lowest BCUT2D eigenvalue weighted by Gasteiger charge is -2.22. The van der Waals surface area contributed by atoms with Crippen LogP contribution < -0.4 is 0 Å². The first-order valence-corrected chi connectivity index (χ1v) is 8.26. The van der Waals surface area contributed by atoms with Crippen molar-refractivity contribution < 1.29 is 48.6 Å². The summed E-state index contributed by atoms with van der Waals surface area (Å²) in [6.45, 7) is -0.746. The summed E-state index contributed by atoms with van der Waals surface area (Å²) in [7, 11) is 0. The highest BCUT2D eigenvalue weighted by Gasteiger charge is 2.38. The van der Waals surface area contributed by atoms with Crippen LogP contribution in [-0.2, 0) is 11.3 Å². The van der Waals surface area contributed by atoms with Crippen LogP contribution in [0.4, 0.5) is 43.9 Å². The molecule has 0 amide bonds.